The number of benzene rings is 1. The number of nitrogens with two attached hydrogens (primary N) is 1. The van der Waals surface area contributed by atoms with Gasteiger partial charge in [-0.1, -0.05) is 12.1 Å². The highest BCUT2D eigenvalue weighted by Crippen LogP contribution is 2.34. The van der Waals surface area contributed by atoms with Crippen molar-refractivity contribution in [3.05, 3.63) is 57.6 Å². The lowest BCUT2D eigenvalue weighted by Crippen LogP contribution is -2.35. The van der Waals surface area contributed by atoms with Crippen LogP contribution in [0.3, 0.4) is 0 Å². The zero-order valence-corrected chi connectivity index (χ0v) is 16.4. The molecule has 11 heteroatoms. The zero-order valence-electron chi connectivity index (χ0n) is 16.4. The summed E-state index contributed by atoms with van der Waals surface area (Å²) in [5, 5.41) is 10.3. The monoisotopic (exact) mass is 442 g/mol. The molecule has 1 amide bonds. The lowest BCUT2D eigenvalue weighted by atomic mass is 9.92. The molecule has 0 radical (unpaired) electrons. The normalized spacial score (nSPS) is 16.1. The number of carbonyl (C=O) groups excluding carboxylic acids is 1. The van der Waals surface area contributed by atoms with Gasteiger partial charge in [0.05, 0.1) is 25.7 Å². The van der Waals surface area contributed by atoms with Crippen LogP contribution in [0.15, 0.2) is 39.5 Å². The van der Waals surface area contributed by atoms with E-state index in [-0.39, 0.29) is 24.5 Å². The number of amides is 1. The molecule has 0 aliphatic carbocycles. The molecule has 3 N–H and O–H groups in total. The highest BCUT2D eigenvalue weighted by atomic mass is 19.4. The first-order valence-corrected chi connectivity index (χ1v) is 9.42. The predicted octanol–water partition coefficient (Wildman–Crippen LogP) is 2.08. The highest BCUT2D eigenvalue weighted by Gasteiger charge is 2.31. The summed E-state index contributed by atoms with van der Waals surface area (Å²) < 4.78 is 52.1. The number of aromatic hydroxyl groups is 1. The van der Waals surface area contributed by atoms with E-state index in [1.54, 1.807) is 0 Å². The Morgan fingerprint density at radius 2 is 1.87 bits per heavy atom. The molecule has 0 bridgehead atoms. The highest BCUT2D eigenvalue weighted by molar-refractivity contribution is 5.75. The maximum absolute atomic E-state index is 12.4. The standard InChI is InChI=1S/C20H21F3N2O6/c21-20(22,23)31-13-3-1-12(2-4-13)15(10-17(24)27)19-18(28)16(26)9-14(30-19)11-25-5-7-29-8-6-25/h1-4,9,15,28H,5-8,10-11H2,(H2,24,27). The Labute approximate surface area is 175 Å². The molecular formula is C20H21F3N2O6. The Balaban J connectivity index is 1.94. The lowest BCUT2D eigenvalue weighted by molar-refractivity contribution is -0.274. The largest absolute Gasteiger partial charge is 0.573 e. The molecule has 31 heavy (non-hydrogen) atoms. The van der Waals surface area contributed by atoms with Gasteiger partial charge in [0.25, 0.3) is 0 Å². The summed E-state index contributed by atoms with van der Waals surface area (Å²) in [6.45, 7) is 2.61. The van der Waals surface area contributed by atoms with Crippen molar-refractivity contribution in [3.8, 4) is 11.5 Å². The minimum Gasteiger partial charge on any atom is -0.502 e. The second kappa shape index (κ2) is 9.40. The number of morpholine rings is 1. The van der Waals surface area contributed by atoms with Crippen molar-refractivity contribution in [2.24, 2.45) is 5.73 Å². The third kappa shape index (κ3) is 6.22. The topological polar surface area (TPSA) is 115 Å². The van der Waals surface area contributed by atoms with Crippen LogP contribution >= 0.6 is 0 Å². The molecule has 0 spiro atoms. The average Bonchev–Trinajstić information content (AvgIpc) is 2.69. The van der Waals surface area contributed by atoms with E-state index in [1.807, 2.05) is 4.90 Å². The smallest absolute Gasteiger partial charge is 0.502 e. The van der Waals surface area contributed by atoms with Crippen molar-refractivity contribution in [1.82, 2.24) is 4.90 Å². The van der Waals surface area contributed by atoms with Crippen LogP contribution in [-0.2, 0) is 16.1 Å². The van der Waals surface area contributed by atoms with Crippen molar-refractivity contribution in [3.63, 3.8) is 0 Å². The van der Waals surface area contributed by atoms with Gasteiger partial charge < -0.3 is 24.7 Å². The molecule has 8 nitrogen and oxygen atoms in total. The second-order valence-electron chi connectivity index (χ2n) is 7.02. The molecule has 2 heterocycles. The number of halogens is 3. The average molecular weight is 442 g/mol. The number of hydrogen-bond donors (Lipinski definition) is 2. The Kier molecular flexibility index (Phi) is 6.86. The minimum atomic E-state index is -4.85. The second-order valence-corrected chi connectivity index (χ2v) is 7.02. The summed E-state index contributed by atoms with van der Waals surface area (Å²) in [5.41, 5.74) is 4.94. The van der Waals surface area contributed by atoms with Crippen molar-refractivity contribution in [2.75, 3.05) is 26.3 Å². The summed E-state index contributed by atoms with van der Waals surface area (Å²) in [5.74, 6) is -2.78. The fourth-order valence-electron chi connectivity index (χ4n) is 3.31. The lowest BCUT2D eigenvalue weighted by Gasteiger charge is -2.26. The van der Waals surface area contributed by atoms with Gasteiger partial charge in [-0.2, -0.15) is 0 Å². The minimum absolute atomic E-state index is 0.181. The van der Waals surface area contributed by atoms with Crippen LogP contribution in [0, 0.1) is 0 Å². The number of primary amides is 1. The van der Waals surface area contributed by atoms with Gasteiger partial charge in [-0.3, -0.25) is 14.5 Å². The third-order valence-electron chi connectivity index (χ3n) is 4.72. The first-order valence-electron chi connectivity index (χ1n) is 9.42. The van der Waals surface area contributed by atoms with E-state index >= 15 is 0 Å². The summed E-state index contributed by atoms with van der Waals surface area (Å²) >= 11 is 0. The van der Waals surface area contributed by atoms with Crippen LogP contribution in [-0.4, -0.2) is 48.6 Å². The number of hydrogen-bond acceptors (Lipinski definition) is 7. The predicted molar refractivity (Wildman–Crippen MR) is 102 cm³/mol. The van der Waals surface area contributed by atoms with Gasteiger partial charge in [0.1, 0.15) is 11.5 Å². The van der Waals surface area contributed by atoms with Gasteiger partial charge in [-0.15, -0.1) is 13.2 Å². The number of rotatable bonds is 7. The molecule has 1 unspecified atom stereocenters. The van der Waals surface area contributed by atoms with Gasteiger partial charge in [0.15, 0.2) is 5.76 Å². The van der Waals surface area contributed by atoms with Crippen molar-refractivity contribution in [2.45, 2.75) is 25.2 Å². The number of nitrogens with zero attached hydrogens (tertiary/aromatic N) is 1. The van der Waals surface area contributed by atoms with E-state index in [1.165, 1.54) is 12.1 Å². The number of carbonyl (C=O) groups is 1. The molecule has 1 aromatic heterocycles. The number of ether oxygens (including phenoxy) is 2. The van der Waals surface area contributed by atoms with Crippen LogP contribution in [0.2, 0.25) is 0 Å². The Bertz CT molecular complexity index is 968. The van der Waals surface area contributed by atoms with Crippen LogP contribution in [0.25, 0.3) is 0 Å². The van der Waals surface area contributed by atoms with E-state index in [9.17, 15) is 27.9 Å². The van der Waals surface area contributed by atoms with E-state index < -0.39 is 35.1 Å². The molecule has 168 valence electrons. The Morgan fingerprint density at radius 3 is 2.45 bits per heavy atom. The van der Waals surface area contributed by atoms with E-state index in [0.717, 1.165) is 18.2 Å². The van der Waals surface area contributed by atoms with E-state index in [4.69, 9.17) is 14.9 Å². The van der Waals surface area contributed by atoms with E-state index in [2.05, 4.69) is 4.74 Å². The fraction of sp³-hybridized carbons (Fsp3) is 0.400. The van der Waals surface area contributed by atoms with E-state index in [0.29, 0.717) is 31.9 Å². The summed E-state index contributed by atoms with van der Waals surface area (Å²) in [7, 11) is 0. The Morgan fingerprint density at radius 1 is 1.23 bits per heavy atom. The van der Waals surface area contributed by atoms with Gasteiger partial charge in [-0.05, 0) is 17.7 Å². The van der Waals surface area contributed by atoms with Crippen molar-refractivity contribution >= 4 is 5.91 Å². The van der Waals surface area contributed by atoms with Crippen LogP contribution in [0.5, 0.6) is 11.5 Å². The molecule has 1 atom stereocenters. The number of alkyl halides is 3. The van der Waals surface area contributed by atoms with Gasteiger partial charge in [-0.25, -0.2) is 0 Å². The summed E-state index contributed by atoms with van der Waals surface area (Å²) in [6.07, 6.45) is -5.19. The molecule has 1 aromatic carbocycles. The van der Waals surface area contributed by atoms with Crippen molar-refractivity contribution < 1.29 is 37.0 Å². The SMILES string of the molecule is NC(=O)CC(c1ccc(OC(F)(F)F)cc1)c1oc(CN2CCOCC2)cc(=O)c1O. The van der Waals surface area contributed by atoms with Crippen molar-refractivity contribution in [1.29, 1.82) is 0 Å². The molecule has 1 saturated heterocycles. The zero-order chi connectivity index (χ0) is 22.6. The first-order chi connectivity index (χ1) is 14.6. The Hall–Kier alpha value is -3.05. The maximum atomic E-state index is 12.4. The van der Waals surface area contributed by atoms with Crippen LogP contribution < -0.4 is 15.9 Å². The summed E-state index contributed by atoms with van der Waals surface area (Å²) in [6, 6.07) is 5.84. The molecule has 1 aliphatic heterocycles. The third-order valence-corrected chi connectivity index (χ3v) is 4.72. The molecular weight excluding hydrogens is 421 g/mol. The van der Waals surface area contributed by atoms with Crippen LogP contribution in [0.1, 0.15) is 29.4 Å². The molecule has 0 saturated carbocycles. The maximum Gasteiger partial charge on any atom is 0.573 e. The molecule has 1 fully saturated rings. The molecule has 3 rings (SSSR count). The van der Waals surface area contributed by atoms with Gasteiger partial charge in [0.2, 0.25) is 17.1 Å². The van der Waals surface area contributed by atoms with Gasteiger partial charge in [0, 0.05) is 25.6 Å². The fourth-order valence-corrected chi connectivity index (χ4v) is 3.31. The van der Waals surface area contributed by atoms with Gasteiger partial charge >= 0.3 is 6.36 Å². The molecule has 2 aromatic rings. The van der Waals surface area contributed by atoms with Crippen LogP contribution in [0.4, 0.5) is 13.2 Å². The summed E-state index contributed by atoms with van der Waals surface area (Å²) in [4.78, 5) is 25.9. The first kappa shape index (κ1) is 22.6. The quantitative estimate of drug-likeness (QED) is 0.675. The molecule has 1 aliphatic rings.